The van der Waals surface area contributed by atoms with Gasteiger partial charge in [-0.2, -0.15) is 0 Å². The molecule has 1 N–H and O–H groups in total. The number of amides is 1. The average Bonchev–Trinajstić information content (AvgIpc) is 3.01. The van der Waals surface area contributed by atoms with E-state index in [1.165, 1.54) is 43.9 Å². The highest BCUT2D eigenvalue weighted by Gasteiger charge is 2.11. The van der Waals surface area contributed by atoms with Gasteiger partial charge < -0.3 is 10.2 Å². The van der Waals surface area contributed by atoms with Gasteiger partial charge in [-0.1, -0.05) is 31.0 Å². The van der Waals surface area contributed by atoms with Gasteiger partial charge in [0.25, 0.3) is 5.69 Å². The number of hydrogen-bond donors (Lipinski definition) is 1. The van der Waals surface area contributed by atoms with Gasteiger partial charge in [-0.25, -0.2) is 4.98 Å². The summed E-state index contributed by atoms with van der Waals surface area (Å²) in [5, 5.41) is 13.8. The molecule has 1 aromatic carbocycles. The van der Waals surface area contributed by atoms with Crippen LogP contribution in [0.1, 0.15) is 36.8 Å². The minimum absolute atomic E-state index is 0.0279. The van der Waals surface area contributed by atoms with Gasteiger partial charge in [0.15, 0.2) is 0 Å². The molecule has 2 heterocycles. The molecular formula is C21H24N4O3. The summed E-state index contributed by atoms with van der Waals surface area (Å²) >= 11 is 0. The van der Waals surface area contributed by atoms with Gasteiger partial charge in [0.2, 0.25) is 5.91 Å². The van der Waals surface area contributed by atoms with Crippen molar-refractivity contribution in [2.24, 2.45) is 0 Å². The maximum Gasteiger partial charge on any atom is 0.276 e. The normalized spacial score (nSPS) is 14.6. The topological polar surface area (TPSA) is 88.4 Å². The lowest BCUT2D eigenvalue weighted by molar-refractivity contribution is -0.385. The van der Waals surface area contributed by atoms with Crippen LogP contribution in [-0.2, 0) is 11.3 Å². The molecule has 1 aliphatic rings. The van der Waals surface area contributed by atoms with Crippen molar-refractivity contribution in [2.45, 2.75) is 32.2 Å². The van der Waals surface area contributed by atoms with Gasteiger partial charge >= 0.3 is 0 Å². The second kappa shape index (κ2) is 9.64. The fourth-order valence-corrected chi connectivity index (χ4v) is 3.22. The van der Waals surface area contributed by atoms with Gasteiger partial charge in [-0.3, -0.25) is 14.9 Å². The summed E-state index contributed by atoms with van der Waals surface area (Å²) in [6.45, 7) is 2.44. The van der Waals surface area contributed by atoms with Gasteiger partial charge in [-0.15, -0.1) is 0 Å². The Morgan fingerprint density at radius 2 is 1.89 bits per heavy atom. The number of carbonyl (C=O) groups excluding carboxylic acids is 1. The van der Waals surface area contributed by atoms with Crippen molar-refractivity contribution >= 4 is 23.5 Å². The van der Waals surface area contributed by atoms with Crippen LogP contribution >= 0.6 is 0 Å². The number of para-hydroxylation sites is 1. The van der Waals surface area contributed by atoms with Crippen molar-refractivity contribution in [3.63, 3.8) is 0 Å². The molecule has 0 saturated carbocycles. The van der Waals surface area contributed by atoms with E-state index >= 15 is 0 Å². The third-order valence-corrected chi connectivity index (χ3v) is 4.75. The molecule has 1 aliphatic heterocycles. The van der Waals surface area contributed by atoms with Crippen molar-refractivity contribution in [2.75, 3.05) is 18.0 Å². The molecule has 0 unspecified atom stereocenters. The second-order valence-corrected chi connectivity index (χ2v) is 6.79. The Kier molecular flexibility index (Phi) is 6.73. The summed E-state index contributed by atoms with van der Waals surface area (Å²) < 4.78 is 0. The van der Waals surface area contributed by atoms with Gasteiger partial charge in [0.05, 0.1) is 10.5 Å². The standard InChI is InChI=1S/C21H24N4O3/c26-21(12-10-18-7-3-4-8-19(18)25(27)28)23-16-17-9-11-20(22-15-17)24-13-5-1-2-6-14-24/h3-4,7-12,15H,1-2,5-6,13-14,16H2,(H,23,26)/b12-10+. The Balaban J connectivity index is 1.54. The molecule has 1 amide bonds. The van der Waals surface area contributed by atoms with Gasteiger partial charge in [0, 0.05) is 38.0 Å². The molecule has 0 radical (unpaired) electrons. The quantitative estimate of drug-likeness (QED) is 0.469. The lowest BCUT2D eigenvalue weighted by Crippen LogP contribution is -2.25. The molecule has 2 aromatic rings. The van der Waals surface area contributed by atoms with E-state index in [-0.39, 0.29) is 11.6 Å². The summed E-state index contributed by atoms with van der Waals surface area (Å²) in [7, 11) is 0. The van der Waals surface area contributed by atoms with E-state index in [1.807, 2.05) is 12.1 Å². The van der Waals surface area contributed by atoms with Gasteiger partial charge in [-0.05, 0) is 36.6 Å². The molecule has 146 valence electrons. The maximum absolute atomic E-state index is 12.0. The lowest BCUT2D eigenvalue weighted by atomic mass is 10.1. The van der Waals surface area contributed by atoms with Crippen molar-refractivity contribution in [1.82, 2.24) is 10.3 Å². The summed E-state index contributed by atoms with van der Waals surface area (Å²) in [6.07, 6.45) is 9.50. The Morgan fingerprint density at radius 1 is 1.14 bits per heavy atom. The van der Waals surface area contributed by atoms with Gasteiger partial charge in [0.1, 0.15) is 5.82 Å². The van der Waals surface area contributed by atoms with E-state index in [0.29, 0.717) is 12.1 Å². The van der Waals surface area contributed by atoms with Crippen LogP contribution in [0.4, 0.5) is 11.5 Å². The Morgan fingerprint density at radius 3 is 2.57 bits per heavy atom. The predicted molar refractivity (Wildman–Crippen MR) is 109 cm³/mol. The smallest absolute Gasteiger partial charge is 0.276 e. The zero-order valence-electron chi connectivity index (χ0n) is 15.7. The number of aromatic nitrogens is 1. The SMILES string of the molecule is O=C(/C=C/c1ccccc1[N+](=O)[O-])NCc1ccc(N2CCCCCC2)nc1. The van der Waals surface area contributed by atoms with Crippen LogP contribution in [-0.4, -0.2) is 28.9 Å². The Bertz CT molecular complexity index is 841. The number of carbonyl (C=O) groups is 1. The van der Waals surface area contributed by atoms with E-state index in [4.69, 9.17) is 0 Å². The molecular weight excluding hydrogens is 356 g/mol. The number of nitro groups is 1. The molecule has 7 nitrogen and oxygen atoms in total. The fourth-order valence-electron chi connectivity index (χ4n) is 3.22. The number of hydrogen-bond acceptors (Lipinski definition) is 5. The molecule has 3 rings (SSSR count). The third kappa shape index (κ3) is 5.39. The molecule has 1 aromatic heterocycles. The number of anilines is 1. The summed E-state index contributed by atoms with van der Waals surface area (Å²) in [4.78, 5) is 29.4. The first-order chi connectivity index (χ1) is 13.6. The maximum atomic E-state index is 12.0. The molecule has 28 heavy (non-hydrogen) atoms. The highest BCUT2D eigenvalue weighted by molar-refractivity contribution is 5.92. The van der Waals surface area contributed by atoms with E-state index < -0.39 is 4.92 Å². The molecule has 0 spiro atoms. The zero-order chi connectivity index (χ0) is 19.8. The van der Waals surface area contributed by atoms with Crippen LogP contribution in [0.25, 0.3) is 6.08 Å². The van der Waals surface area contributed by atoms with E-state index in [2.05, 4.69) is 15.2 Å². The number of pyridine rings is 1. The largest absolute Gasteiger partial charge is 0.357 e. The molecule has 7 heteroatoms. The second-order valence-electron chi connectivity index (χ2n) is 6.79. The third-order valence-electron chi connectivity index (χ3n) is 4.75. The van der Waals surface area contributed by atoms with Crippen molar-refractivity contribution < 1.29 is 9.72 Å². The minimum Gasteiger partial charge on any atom is -0.357 e. The number of nitrogens with one attached hydrogen (secondary N) is 1. The van der Waals surface area contributed by atoms with Crippen molar-refractivity contribution in [3.05, 3.63) is 69.9 Å². The van der Waals surface area contributed by atoms with Crippen LogP contribution in [0.2, 0.25) is 0 Å². The van der Waals surface area contributed by atoms with Crippen molar-refractivity contribution in [1.29, 1.82) is 0 Å². The monoisotopic (exact) mass is 380 g/mol. The zero-order valence-corrected chi connectivity index (χ0v) is 15.7. The highest BCUT2D eigenvalue weighted by atomic mass is 16.6. The molecule has 0 atom stereocenters. The summed E-state index contributed by atoms with van der Waals surface area (Å²) in [5.41, 5.74) is 1.27. The first kappa shape index (κ1) is 19.5. The highest BCUT2D eigenvalue weighted by Crippen LogP contribution is 2.19. The Labute approximate surface area is 164 Å². The van der Waals surface area contributed by atoms with Crippen LogP contribution in [0.3, 0.4) is 0 Å². The fraction of sp³-hybridized carbons (Fsp3) is 0.333. The molecule has 1 saturated heterocycles. The van der Waals surface area contributed by atoms with Crippen molar-refractivity contribution in [3.8, 4) is 0 Å². The van der Waals surface area contributed by atoms with E-state index in [9.17, 15) is 14.9 Å². The Hall–Kier alpha value is -3.22. The number of benzene rings is 1. The summed E-state index contributed by atoms with van der Waals surface area (Å²) in [5.74, 6) is 0.669. The minimum atomic E-state index is -0.463. The number of nitrogens with zero attached hydrogens (tertiary/aromatic N) is 3. The first-order valence-electron chi connectivity index (χ1n) is 9.53. The number of nitro benzene ring substituents is 1. The predicted octanol–water partition coefficient (Wildman–Crippen LogP) is 3.70. The van der Waals surface area contributed by atoms with Crippen LogP contribution < -0.4 is 10.2 Å². The number of rotatable bonds is 6. The molecule has 0 aliphatic carbocycles. The first-order valence-corrected chi connectivity index (χ1v) is 9.53. The average molecular weight is 380 g/mol. The van der Waals surface area contributed by atoms with E-state index in [1.54, 1.807) is 24.4 Å². The molecule has 1 fully saturated rings. The van der Waals surface area contributed by atoms with E-state index in [0.717, 1.165) is 24.5 Å². The van der Waals surface area contributed by atoms with Crippen LogP contribution in [0.5, 0.6) is 0 Å². The molecule has 0 bridgehead atoms. The summed E-state index contributed by atoms with van der Waals surface area (Å²) in [6, 6.07) is 10.3. The van der Waals surface area contributed by atoms with Crippen LogP contribution in [0.15, 0.2) is 48.7 Å². The van der Waals surface area contributed by atoms with Crippen LogP contribution in [0, 0.1) is 10.1 Å². The lowest BCUT2D eigenvalue weighted by Gasteiger charge is -2.21.